The summed E-state index contributed by atoms with van der Waals surface area (Å²) in [5, 5.41) is 18.9. The second kappa shape index (κ2) is 17.9. The Kier molecular flexibility index (Phi) is 16.2. The van der Waals surface area contributed by atoms with Gasteiger partial charge in [-0.2, -0.15) is 0 Å². The molecule has 1 heterocycles. The van der Waals surface area contributed by atoms with Crippen LogP contribution in [0.3, 0.4) is 0 Å². The van der Waals surface area contributed by atoms with E-state index in [-0.39, 0.29) is 54.5 Å². The number of amides is 1. The van der Waals surface area contributed by atoms with E-state index in [4.69, 9.17) is 25.0 Å². The van der Waals surface area contributed by atoms with Crippen molar-refractivity contribution in [2.75, 3.05) is 38.1 Å². The standard InChI is InChI=1S/C29H35BrN4O3.CH4O.H2O.U/c1-5-7-27(35)34(25-14-18(2)23(30)16-22(25)20-10-11-20)26-13-12-24(32-3)28(33-26)29(31)37-21-9-6-8-19(15-21)17-36-4;1-2;;/h12-14,16,19-21,31-32H,6,8-11,15,17H2,1-4H3;2H,1H3;1H2;. The van der Waals surface area contributed by atoms with Crippen LogP contribution in [-0.2, 0) is 14.3 Å². The van der Waals surface area contributed by atoms with Crippen LogP contribution in [0.4, 0.5) is 17.2 Å². The van der Waals surface area contributed by atoms with Crippen molar-refractivity contribution in [3.8, 4) is 11.8 Å². The van der Waals surface area contributed by atoms with Gasteiger partial charge >= 0.3 is 5.91 Å². The number of aromatic nitrogens is 1. The number of benzene rings is 1. The van der Waals surface area contributed by atoms with Crippen LogP contribution in [0.25, 0.3) is 0 Å². The normalized spacial score (nSPS) is 17.2. The molecule has 0 aliphatic heterocycles. The average Bonchev–Trinajstić information content (AvgIpc) is 3.78. The summed E-state index contributed by atoms with van der Waals surface area (Å²) in [4.78, 5) is 19.8. The zero-order valence-electron chi connectivity index (χ0n) is 24.4. The molecule has 41 heavy (non-hydrogen) atoms. The molecule has 2 unspecified atom stereocenters. The number of nitrogens with zero attached hydrogens (tertiary/aromatic N) is 2. The van der Waals surface area contributed by atoms with Gasteiger partial charge in [0, 0.05) is 63.5 Å². The average molecular weight is 856 g/mol. The third kappa shape index (κ3) is 9.54. The molecule has 0 bridgehead atoms. The Morgan fingerprint density at radius 2 is 1.95 bits per heavy atom. The second-order valence-electron chi connectivity index (χ2n) is 9.82. The maximum absolute atomic E-state index is 13.4. The van der Waals surface area contributed by atoms with Gasteiger partial charge in [-0.25, -0.2) is 4.98 Å². The number of hydrogen-bond donors (Lipinski definition) is 3. The molecule has 9 nitrogen and oxygen atoms in total. The first kappa shape index (κ1) is 37.1. The minimum Gasteiger partial charge on any atom is -0.473 e. The van der Waals surface area contributed by atoms with E-state index in [0.717, 1.165) is 66.9 Å². The molecule has 1 aromatic carbocycles. The molecule has 2 fully saturated rings. The molecular weight excluding hydrogens is 814 g/mol. The summed E-state index contributed by atoms with van der Waals surface area (Å²) in [5.74, 6) is 6.33. The van der Waals surface area contributed by atoms with E-state index in [1.807, 2.05) is 19.1 Å². The van der Waals surface area contributed by atoms with Crippen LogP contribution >= 0.6 is 15.9 Å². The van der Waals surface area contributed by atoms with Gasteiger partial charge in [-0.1, -0.05) is 21.9 Å². The smallest absolute Gasteiger partial charge is 0.308 e. The number of halogens is 1. The molecule has 2 aliphatic carbocycles. The fourth-order valence-corrected chi connectivity index (χ4v) is 5.36. The Labute approximate surface area is 275 Å². The van der Waals surface area contributed by atoms with E-state index in [2.05, 4.69) is 39.2 Å². The van der Waals surface area contributed by atoms with E-state index in [1.165, 1.54) is 0 Å². The maximum Gasteiger partial charge on any atom is 0.308 e. The molecular formula is C30H41BrN4O5U. The van der Waals surface area contributed by atoms with Crippen molar-refractivity contribution < 1.29 is 56.0 Å². The van der Waals surface area contributed by atoms with E-state index >= 15 is 0 Å². The second-order valence-corrected chi connectivity index (χ2v) is 10.7. The number of anilines is 3. The summed E-state index contributed by atoms with van der Waals surface area (Å²) in [6, 6.07) is 7.75. The Morgan fingerprint density at radius 3 is 2.56 bits per heavy atom. The maximum atomic E-state index is 13.4. The molecule has 2 aliphatic rings. The molecule has 0 spiro atoms. The Morgan fingerprint density at radius 1 is 1.24 bits per heavy atom. The first-order valence-corrected chi connectivity index (χ1v) is 14.1. The Balaban J connectivity index is 0.00000206. The van der Waals surface area contributed by atoms with Crippen molar-refractivity contribution in [3.63, 3.8) is 0 Å². The molecule has 2 aromatic rings. The number of nitrogens with one attached hydrogen (secondary N) is 2. The summed E-state index contributed by atoms with van der Waals surface area (Å²) < 4.78 is 12.5. The van der Waals surface area contributed by atoms with Crippen LogP contribution in [-0.4, -0.2) is 61.3 Å². The van der Waals surface area contributed by atoms with Crippen molar-refractivity contribution in [2.45, 2.75) is 64.4 Å². The first-order chi connectivity index (χ1) is 18.9. The van der Waals surface area contributed by atoms with Crippen molar-refractivity contribution in [1.29, 1.82) is 5.41 Å². The van der Waals surface area contributed by atoms with Crippen LogP contribution in [0.5, 0.6) is 0 Å². The number of rotatable bonds is 8. The largest absolute Gasteiger partial charge is 0.473 e. The van der Waals surface area contributed by atoms with Gasteiger partial charge in [0.2, 0.25) is 5.90 Å². The van der Waals surface area contributed by atoms with E-state index in [9.17, 15) is 4.79 Å². The minimum atomic E-state index is -0.357. The molecule has 11 heteroatoms. The van der Waals surface area contributed by atoms with Crippen LogP contribution in [0, 0.1) is 61.2 Å². The zero-order valence-corrected chi connectivity index (χ0v) is 30.2. The molecule has 2 saturated carbocycles. The number of aryl methyl sites for hydroxylation is 1. The molecule has 2 atom stereocenters. The molecule has 5 N–H and O–H groups in total. The Hall–Kier alpha value is -1.92. The number of ether oxygens (including phenoxy) is 2. The minimum absolute atomic E-state index is 0. The van der Waals surface area contributed by atoms with E-state index in [0.29, 0.717) is 35.6 Å². The van der Waals surface area contributed by atoms with Gasteiger partial charge in [0.1, 0.15) is 17.6 Å². The van der Waals surface area contributed by atoms with Gasteiger partial charge in [0.15, 0.2) is 0 Å². The summed E-state index contributed by atoms with van der Waals surface area (Å²) in [5.41, 5.74) is 3.95. The third-order valence-corrected chi connectivity index (χ3v) is 7.87. The summed E-state index contributed by atoms with van der Waals surface area (Å²) in [6.45, 7) is 4.36. The summed E-state index contributed by atoms with van der Waals surface area (Å²) in [7, 11) is 4.51. The number of methoxy groups -OCH3 is 1. The van der Waals surface area contributed by atoms with Gasteiger partial charge in [-0.3, -0.25) is 15.1 Å². The fourth-order valence-electron chi connectivity index (χ4n) is 5.00. The van der Waals surface area contributed by atoms with Crippen LogP contribution in [0.1, 0.15) is 68.2 Å². The van der Waals surface area contributed by atoms with Gasteiger partial charge in [0.25, 0.3) is 0 Å². The van der Waals surface area contributed by atoms with Crippen molar-refractivity contribution in [1.82, 2.24) is 4.98 Å². The summed E-state index contributed by atoms with van der Waals surface area (Å²) in [6.07, 6.45) is 6.03. The predicted octanol–water partition coefficient (Wildman–Crippen LogP) is 5.09. The fraction of sp³-hybridized carbons (Fsp3) is 0.500. The van der Waals surface area contributed by atoms with E-state index in [1.54, 1.807) is 32.0 Å². The molecule has 1 aromatic heterocycles. The SMILES string of the molecule is CC#CC(=O)N(c1ccc(NC)c(C(=N)OC2CCCC(COC)C2)n1)c1cc(C)c(Br)cc1C1CC1.CO.O.[U]. The van der Waals surface area contributed by atoms with E-state index < -0.39 is 0 Å². The van der Waals surface area contributed by atoms with Gasteiger partial charge in [0.05, 0.1) is 11.4 Å². The molecule has 0 saturated heterocycles. The number of carbonyl (C=O) groups excluding carboxylic acids is 1. The molecule has 4 rings (SSSR count). The number of aliphatic hydroxyl groups excluding tert-OH is 1. The topological polar surface area (TPSA) is 139 Å². The molecule has 1 amide bonds. The predicted molar refractivity (Wildman–Crippen MR) is 163 cm³/mol. The molecule has 222 valence electrons. The quantitative estimate of drug-likeness (QED) is 0.192. The van der Waals surface area contributed by atoms with Crippen molar-refractivity contribution >= 4 is 44.9 Å². The van der Waals surface area contributed by atoms with Crippen LogP contribution in [0.15, 0.2) is 28.7 Å². The van der Waals surface area contributed by atoms with Crippen LogP contribution in [0.2, 0.25) is 0 Å². The van der Waals surface area contributed by atoms with Crippen molar-refractivity contribution in [3.05, 3.63) is 45.6 Å². The first-order valence-electron chi connectivity index (χ1n) is 13.3. The van der Waals surface area contributed by atoms with Crippen LogP contribution < -0.4 is 10.2 Å². The monoisotopic (exact) mass is 854 g/mol. The van der Waals surface area contributed by atoms with Gasteiger partial charge in [-0.15, -0.1) is 0 Å². The number of hydrogen-bond acceptors (Lipinski definition) is 7. The Bertz CT molecular complexity index is 1240. The van der Waals surface area contributed by atoms with Gasteiger partial charge < -0.3 is 25.4 Å². The van der Waals surface area contributed by atoms with Gasteiger partial charge in [-0.05, 0) is 106 Å². The zero-order chi connectivity index (χ0) is 28.5. The van der Waals surface area contributed by atoms with Crippen molar-refractivity contribution in [2.24, 2.45) is 5.92 Å². The number of carbonyl (C=O) groups is 1. The molecule has 0 radical (unpaired) electrons. The number of pyridine rings is 1. The number of aliphatic hydroxyl groups is 1. The summed E-state index contributed by atoms with van der Waals surface area (Å²) >= 11 is 3.65. The third-order valence-electron chi connectivity index (χ3n) is 7.02.